The number of hydrogen-bond donors (Lipinski definition) is 1. The minimum absolute atomic E-state index is 0.00965. The van der Waals surface area contributed by atoms with Gasteiger partial charge in [-0.05, 0) is 38.1 Å². The lowest BCUT2D eigenvalue weighted by atomic mass is 10.0. The summed E-state index contributed by atoms with van der Waals surface area (Å²) in [7, 11) is 1.84. The summed E-state index contributed by atoms with van der Waals surface area (Å²) in [5, 5.41) is 3.32. The molecular weight excluding hydrogens is 253 g/mol. The summed E-state index contributed by atoms with van der Waals surface area (Å²) < 4.78 is 19.1. The third kappa shape index (κ3) is 2.74. The number of nitrogens with one attached hydrogen (secondary N) is 1. The molecule has 1 aromatic carbocycles. The molecule has 0 aliphatic carbocycles. The van der Waals surface area contributed by atoms with Gasteiger partial charge in [0.15, 0.2) is 0 Å². The molecular formula is C14H15ClFNO. The first-order chi connectivity index (χ1) is 8.61. The molecule has 2 aromatic rings. The monoisotopic (exact) mass is 267 g/mol. The first-order valence-electron chi connectivity index (χ1n) is 5.77. The van der Waals surface area contributed by atoms with Gasteiger partial charge in [-0.2, -0.15) is 0 Å². The second kappa shape index (κ2) is 5.55. The largest absolute Gasteiger partial charge is 0.469 e. The van der Waals surface area contributed by atoms with E-state index in [4.69, 9.17) is 16.0 Å². The summed E-state index contributed by atoms with van der Waals surface area (Å²) in [6.07, 6.45) is 2.22. The highest BCUT2D eigenvalue weighted by molar-refractivity contribution is 6.30. The van der Waals surface area contributed by atoms with Gasteiger partial charge in [0.1, 0.15) is 11.6 Å². The first kappa shape index (κ1) is 13.1. The molecule has 96 valence electrons. The number of furan rings is 1. The quantitative estimate of drug-likeness (QED) is 0.909. The standard InChI is InChI=1S/C14H15ClFNO/c1-9-6-11(8-18-9)13(17-2)7-10-4-3-5-12(15)14(10)16/h3-6,8,13,17H,7H2,1-2H3. The Hall–Kier alpha value is -1.32. The molecule has 1 heterocycles. The van der Waals surface area contributed by atoms with Crippen LogP contribution in [0, 0.1) is 12.7 Å². The molecule has 0 amide bonds. The topological polar surface area (TPSA) is 25.2 Å². The molecule has 0 spiro atoms. The third-order valence-electron chi connectivity index (χ3n) is 2.96. The van der Waals surface area contributed by atoms with Gasteiger partial charge in [0.2, 0.25) is 0 Å². The van der Waals surface area contributed by atoms with Crippen molar-refractivity contribution >= 4 is 11.6 Å². The molecule has 0 aliphatic rings. The summed E-state index contributed by atoms with van der Waals surface area (Å²) in [4.78, 5) is 0. The van der Waals surface area contributed by atoms with Crippen LogP contribution in [-0.2, 0) is 6.42 Å². The highest BCUT2D eigenvalue weighted by atomic mass is 35.5. The Balaban J connectivity index is 2.23. The van der Waals surface area contributed by atoms with Crippen LogP contribution in [0.5, 0.6) is 0 Å². The molecule has 18 heavy (non-hydrogen) atoms. The van der Waals surface area contributed by atoms with Crippen LogP contribution in [0.1, 0.15) is 22.9 Å². The summed E-state index contributed by atoms with van der Waals surface area (Å²) in [6, 6.07) is 7.02. The second-order valence-corrected chi connectivity index (χ2v) is 4.66. The van der Waals surface area contributed by atoms with Gasteiger partial charge in [-0.3, -0.25) is 0 Å². The zero-order valence-corrected chi connectivity index (χ0v) is 11.1. The van der Waals surface area contributed by atoms with E-state index in [9.17, 15) is 4.39 Å². The normalized spacial score (nSPS) is 12.7. The molecule has 0 bridgehead atoms. The fourth-order valence-corrected chi connectivity index (χ4v) is 2.15. The van der Waals surface area contributed by atoms with Gasteiger partial charge in [-0.25, -0.2) is 4.39 Å². The van der Waals surface area contributed by atoms with E-state index < -0.39 is 0 Å². The predicted molar refractivity (Wildman–Crippen MR) is 70.4 cm³/mol. The van der Waals surface area contributed by atoms with Crippen LogP contribution in [0.4, 0.5) is 4.39 Å². The maximum Gasteiger partial charge on any atom is 0.145 e. The summed E-state index contributed by atoms with van der Waals surface area (Å²) >= 11 is 5.78. The van der Waals surface area contributed by atoms with Crippen molar-refractivity contribution in [3.05, 3.63) is 58.3 Å². The predicted octanol–water partition coefficient (Wildman–Crippen LogP) is 3.88. The van der Waals surface area contributed by atoms with Gasteiger partial charge in [0, 0.05) is 11.6 Å². The van der Waals surface area contributed by atoms with Crippen molar-refractivity contribution in [2.75, 3.05) is 7.05 Å². The maximum absolute atomic E-state index is 13.8. The van der Waals surface area contributed by atoms with Crippen LogP contribution in [0.15, 0.2) is 34.9 Å². The number of benzene rings is 1. The second-order valence-electron chi connectivity index (χ2n) is 4.25. The lowest BCUT2D eigenvalue weighted by molar-refractivity contribution is 0.516. The Kier molecular flexibility index (Phi) is 4.04. The number of halogens is 2. The third-order valence-corrected chi connectivity index (χ3v) is 3.25. The number of aryl methyl sites for hydroxylation is 1. The van der Waals surface area contributed by atoms with Crippen molar-refractivity contribution < 1.29 is 8.81 Å². The first-order valence-corrected chi connectivity index (χ1v) is 6.14. The van der Waals surface area contributed by atoms with E-state index in [1.165, 1.54) is 0 Å². The summed E-state index contributed by atoms with van der Waals surface area (Å²) in [5.41, 5.74) is 1.61. The van der Waals surface area contributed by atoms with Gasteiger partial charge in [0.25, 0.3) is 0 Å². The molecule has 1 aromatic heterocycles. The number of hydrogen-bond acceptors (Lipinski definition) is 2. The van der Waals surface area contributed by atoms with Gasteiger partial charge in [0.05, 0.1) is 11.3 Å². The number of rotatable bonds is 4. The van der Waals surface area contributed by atoms with Crippen molar-refractivity contribution in [2.24, 2.45) is 0 Å². The maximum atomic E-state index is 13.8. The molecule has 2 nitrogen and oxygen atoms in total. The smallest absolute Gasteiger partial charge is 0.145 e. The Morgan fingerprint density at radius 3 is 2.83 bits per heavy atom. The summed E-state index contributed by atoms with van der Waals surface area (Å²) in [5.74, 6) is 0.497. The fraction of sp³-hybridized carbons (Fsp3) is 0.286. The van der Waals surface area contributed by atoms with E-state index >= 15 is 0 Å². The zero-order valence-electron chi connectivity index (χ0n) is 10.3. The SMILES string of the molecule is CNC(Cc1cccc(Cl)c1F)c1coc(C)c1. The zero-order chi connectivity index (χ0) is 13.1. The van der Waals surface area contributed by atoms with Crippen molar-refractivity contribution in [3.8, 4) is 0 Å². The minimum atomic E-state index is -0.348. The molecule has 4 heteroatoms. The lowest BCUT2D eigenvalue weighted by Gasteiger charge is -2.15. The minimum Gasteiger partial charge on any atom is -0.469 e. The fourth-order valence-electron chi connectivity index (χ4n) is 1.96. The average Bonchev–Trinajstić information content (AvgIpc) is 2.78. The highest BCUT2D eigenvalue weighted by Gasteiger charge is 2.15. The average molecular weight is 268 g/mol. The highest BCUT2D eigenvalue weighted by Crippen LogP contribution is 2.24. The molecule has 0 fully saturated rings. The molecule has 0 saturated carbocycles. The molecule has 1 N–H and O–H groups in total. The van der Waals surface area contributed by atoms with E-state index in [1.54, 1.807) is 24.5 Å². The Morgan fingerprint density at radius 1 is 1.44 bits per heavy atom. The van der Waals surface area contributed by atoms with Gasteiger partial charge >= 0.3 is 0 Å². The van der Waals surface area contributed by atoms with E-state index in [2.05, 4.69) is 5.32 Å². The van der Waals surface area contributed by atoms with E-state index in [-0.39, 0.29) is 16.9 Å². The van der Waals surface area contributed by atoms with Crippen molar-refractivity contribution in [1.82, 2.24) is 5.32 Å². The van der Waals surface area contributed by atoms with E-state index in [0.717, 1.165) is 11.3 Å². The molecule has 0 saturated heterocycles. The lowest BCUT2D eigenvalue weighted by Crippen LogP contribution is -2.18. The molecule has 0 radical (unpaired) electrons. The van der Waals surface area contributed by atoms with Crippen molar-refractivity contribution in [2.45, 2.75) is 19.4 Å². The Bertz CT molecular complexity index is 538. The van der Waals surface area contributed by atoms with Crippen molar-refractivity contribution in [1.29, 1.82) is 0 Å². The van der Waals surface area contributed by atoms with Crippen molar-refractivity contribution in [3.63, 3.8) is 0 Å². The van der Waals surface area contributed by atoms with E-state index in [1.807, 2.05) is 20.0 Å². The van der Waals surface area contributed by atoms with Gasteiger partial charge in [-0.1, -0.05) is 23.7 Å². The Morgan fingerprint density at radius 2 is 2.22 bits per heavy atom. The molecule has 0 aliphatic heterocycles. The van der Waals surface area contributed by atoms with E-state index in [0.29, 0.717) is 12.0 Å². The van der Waals surface area contributed by atoms with Gasteiger partial charge < -0.3 is 9.73 Å². The van der Waals surface area contributed by atoms with Crippen LogP contribution in [0.25, 0.3) is 0 Å². The summed E-state index contributed by atoms with van der Waals surface area (Å²) in [6.45, 7) is 1.89. The van der Waals surface area contributed by atoms with Gasteiger partial charge in [-0.15, -0.1) is 0 Å². The Labute approximate surface area is 111 Å². The van der Waals surface area contributed by atoms with Crippen LogP contribution in [-0.4, -0.2) is 7.05 Å². The molecule has 2 rings (SSSR count). The molecule has 1 unspecified atom stereocenters. The molecule has 1 atom stereocenters. The number of likely N-dealkylation sites (N-methyl/N-ethyl adjacent to an activating group) is 1. The van der Waals surface area contributed by atoms with Crippen LogP contribution < -0.4 is 5.32 Å². The van der Waals surface area contributed by atoms with Crippen LogP contribution in [0.2, 0.25) is 5.02 Å². The van der Waals surface area contributed by atoms with Crippen LogP contribution >= 0.6 is 11.6 Å². The van der Waals surface area contributed by atoms with Crippen LogP contribution in [0.3, 0.4) is 0 Å².